The van der Waals surface area contributed by atoms with Gasteiger partial charge in [0.1, 0.15) is 5.82 Å². The lowest BCUT2D eigenvalue weighted by Gasteiger charge is -2.69. The van der Waals surface area contributed by atoms with Crippen molar-refractivity contribution in [3.8, 4) is 11.1 Å². The Bertz CT molecular complexity index is 2110. The molecule has 0 spiro atoms. The summed E-state index contributed by atoms with van der Waals surface area (Å²) in [7, 11) is 0. The van der Waals surface area contributed by atoms with E-state index in [9.17, 15) is 5.11 Å². The van der Waals surface area contributed by atoms with Gasteiger partial charge in [-0.3, -0.25) is 4.68 Å². The zero-order valence-electron chi connectivity index (χ0n) is 30.4. The van der Waals surface area contributed by atoms with Crippen LogP contribution in [0.1, 0.15) is 88.2 Å². The number of pyridine rings is 1. The van der Waals surface area contributed by atoms with Crippen molar-refractivity contribution in [3.05, 3.63) is 65.1 Å². The van der Waals surface area contributed by atoms with Crippen LogP contribution >= 0.6 is 11.3 Å². The van der Waals surface area contributed by atoms with E-state index in [1.165, 1.54) is 32.1 Å². The quantitative estimate of drug-likeness (QED) is 0.156. The molecule has 51 heavy (non-hydrogen) atoms. The van der Waals surface area contributed by atoms with Crippen molar-refractivity contribution in [2.24, 2.45) is 16.2 Å². The molecule has 4 aromatic heterocycles. The van der Waals surface area contributed by atoms with Crippen molar-refractivity contribution in [2.45, 2.75) is 105 Å². The van der Waals surface area contributed by atoms with Gasteiger partial charge < -0.3 is 20.1 Å². The van der Waals surface area contributed by atoms with E-state index < -0.39 is 0 Å². The zero-order chi connectivity index (χ0) is 35.2. The maximum absolute atomic E-state index is 10.7. The standard InChI is InChI=1S/C40H48N8O2S/c1-6-50-40-21-37(4)18-38(5,22-40)20-39(19-37,23-40)24-48-26(3)29(16-41-48)28-13-14-33(42-31(28)17-49)47-15-9-10-27-25(2)34(45-46-35(27)47)44-36-43-30-11-7-8-12-32(30)51-36/h7-8,11-14,16,49H,6,9-10,15,17-24H2,1-5H3,(H,43,44,45). The van der Waals surface area contributed by atoms with E-state index in [1.807, 2.05) is 24.4 Å². The Morgan fingerprint density at radius 2 is 1.75 bits per heavy atom. The molecule has 5 heterocycles. The Labute approximate surface area is 303 Å². The molecule has 266 valence electrons. The first-order chi connectivity index (χ1) is 24.5. The lowest BCUT2D eigenvalue weighted by Crippen LogP contribution is -2.64. The third-order valence-corrected chi connectivity index (χ3v) is 13.2. The average Bonchev–Trinajstić information content (AvgIpc) is 3.65. The minimum absolute atomic E-state index is 0.00876. The van der Waals surface area contributed by atoms with Crippen LogP contribution in [0.3, 0.4) is 0 Å². The van der Waals surface area contributed by atoms with Crippen LogP contribution in [0.15, 0.2) is 42.6 Å². The molecule has 10 rings (SSSR count). The highest BCUT2D eigenvalue weighted by atomic mass is 32.1. The number of nitrogens with zero attached hydrogens (tertiary/aromatic N) is 7. The average molecular weight is 705 g/mol. The smallest absolute Gasteiger partial charge is 0.189 e. The molecule has 0 saturated heterocycles. The van der Waals surface area contributed by atoms with Gasteiger partial charge in [-0.25, -0.2) is 9.97 Å². The minimum Gasteiger partial charge on any atom is -0.390 e. The van der Waals surface area contributed by atoms with Gasteiger partial charge in [0.25, 0.3) is 0 Å². The number of benzene rings is 1. The summed E-state index contributed by atoms with van der Waals surface area (Å²) >= 11 is 1.61. The first-order valence-electron chi connectivity index (χ1n) is 18.6. The number of hydrogen-bond donors (Lipinski definition) is 2. The van der Waals surface area contributed by atoms with Crippen molar-refractivity contribution in [2.75, 3.05) is 23.4 Å². The van der Waals surface area contributed by atoms with Crippen molar-refractivity contribution >= 4 is 44.1 Å². The molecule has 2 atom stereocenters. The second-order valence-electron chi connectivity index (χ2n) is 16.8. The number of nitrogens with one attached hydrogen (secondary N) is 1. The van der Waals surface area contributed by atoms with E-state index in [0.717, 1.165) is 99.7 Å². The number of fused-ring (bicyclic) bond motifs is 2. The van der Waals surface area contributed by atoms with Gasteiger partial charge in [0.2, 0.25) is 0 Å². The van der Waals surface area contributed by atoms with E-state index in [-0.39, 0.29) is 17.6 Å². The number of hydrogen-bond acceptors (Lipinski definition) is 10. The molecule has 11 heteroatoms. The van der Waals surface area contributed by atoms with Gasteiger partial charge >= 0.3 is 0 Å². The SMILES string of the molecule is CCOC12CC3(C)CC(C)(CC(Cn4ncc(-c5ccc(N6CCCc7c6nnc(Nc6nc8ccccc8s6)c7C)nc5CO)c4C)(C3)C1)C2. The summed E-state index contributed by atoms with van der Waals surface area (Å²) in [6.07, 6.45) is 11.1. The second kappa shape index (κ2) is 11.8. The fraction of sp³-hybridized carbons (Fsp3) is 0.525. The number of rotatable bonds is 9. The fourth-order valence-corrected chi connectivity index (χ4v) is 12.5. The summed E-state index contributed by atoms with van der Waals surface area (Å²) in [6.45, 7) is 13.7. The Hall–Kier alpha value is -3.93. The molecular weight excluding hydrogens is 657 g/mol. The second-order valence-corrected chi connectivity index (χ2v) is 17.8. The number of para-hydroxylation sites is 1. The van der Waals surface area contributed by atoms with Gasteiger partial charge in [-0.15, -0.1) is 10.2 Å². The summed E-state index contributed by atoms with van der Waals surface area (Å²) in [5.41, 5.74) is 7.72. The lowest BCUT2D eigenvalue weighted by molar-refractivity contribution is -0.246. The van der Waals surface area contributed by atoms with E-state index in [2.05, 4.69) is 72.8 Å². The van der Waals surface area contributed by atoms with Crippen LogP contribution in [-0.4, -0.2) is 53.8 Å². The van der Waals surface area contributed by atoms with Gasteiger partial charge in [0, 0.05) is 47.6 Å². The predicted molar refractivity (Wildman–Crippen MR) is 202 cm³/mol. The molecule has 5 aliphatic rings. The van der Waals surface area contributed by atoms with Crippen LogP contribution in [-0.2, 0) is 24.3 Å². The van der Waals surface area contributed by atoms with Crippen LogP contribution in [0.5, 0.6) is 0 Å². The third-order valence-electron chi connectivity index (χ3n) is 12.3. The lowest BCUT2D eigenvalue weighted by atomic mass is 9.39. The van der Waals surface area contributed by atoms with Gasteiger partial charge in [-0.05, 0) is 113 Å². The fourth-order valence-electron chi connectivity index (χ4n) is 11.6. The van der Waals surface area contributed by atoms with Crippen molar-refractivity contribution in [1.82, 2.24) is 29.9 Å². The van der Waals surface area contributed by atoms with E-state index in [1.54, 1.807) is 11.3 Å². The monoisotopic (exact) mass is 704 g/mol. The molecule has 4 aliphatic carbocycles. The van der Waals surface area contributed by atoms with Gasteiger partial charge in [0.15, 0.2) is 16.8 Å². The summed E-state index contributed by atoms with van der Waals surface area (Å²) in [5, 5.41) is 29.2. The highest BCUT2D eigenvalue weighted by molar-refractivity contribution is 7.22. The topological polar surface area (TPSA) is 114 Å². The highest BCUT2D eigenvalue weighted by Gasteiger charge is 2.66. The van der Waals surface area contributed by atoms with Crippen molar-refractivity contribution in [1.29, 1.82) is 0 Å². The number of aromatic nitrogens is 6. The molecule has 2 unspecified atom stereocenters. The maximum Gasteiger partial charge on any atom is 0.189 e. The predicted octanol–water partition coefficient (Wildman–Crippen LogP) is 8.44. The van der Waals surface area contributed by atoms with Gasteiger partial charge in [-0.2, -0.15) is 5.10 Å². The molecule has 4 fully saturated rings. The normalized spacial score (nSPS) is 28.1. The summed E-state index contributed by atoms with van der Waals surface area (Å²) in [5.74, 6) is 2.32. The number of aliphatic hydroxyl groups excluding tert-OH is 1. The minimum atomic E-state index is -0.165. The Balaban J connectivity index is 0.985. The largest absolute Gasteiger partial charge is 0.390 e. The highest BCUT2D eigenvalue weighted by Crippen LogP contribution is 2.72. The maximum atomic E-state index is 10.7. The van der Waals surface area contributed by atoms with E-state index in [4.69, 9.17) is 24.9 Å². The van der Waals surface area contributed by atoms with Crippen molar-refractivity contribution in [3.63, 3.8) is 0 Å². The van der Waals surface area contributed by atoms with Crippen LogP contribution in [0.25, 0.3) is 21.3 Å². The van der Waals surface area contributed by atoms with Crippen LogP contribution in [0.4, 0.5) is 22.6 Å². The van der Waals surface area contributed by atoms with E-state index in [0.29, 0.717) is 16.5 Å². The molecule has 1 aromatic carbocycles. The first kappa shape index (κ1) is 32.9. The molecule has 4 bridgehead atoms. The number of aliphatic hydroxyl groups is 1. The van der Waals surface area contributed by atoms with E-state index >= 15 is 0 Å². The van der Waals surface area contributed by atoms with Crippen LogP contribution in [0.2, 0.25) is 0 Å². The molecule has 2 N–H and O–H groups in total. The first-order valence-corrected chi connectivity index (χ1v) is 19.4. The molecule has 10 nitrogen and oxygen atoms in total. The molecule has 5 aromatic rings. The number of ether oxygens (including phenoxy) is 1. The van der Waals surface area contributed by atoms with Gasteiger partial charge in [-0.1, -0.05) is 37.3 Å². The Kier molecular flexibility index (Phi) is 7.62. The Morgan fingerprint density at radius 3 is 2.51 bits per heavy atom. The van der Waals surface area contributed by atoms with Crippen molar-refractivity contribution < 1.29 is 9.84 Å². The number of thiazole rings is 1. The molecule has 4 saturated carbocycles. The summed E-state index contributed by atoms with van der Waals surface area (Å²) < 4.78 is 9.97. The van der Waals surface area contributed by atoms with Crippen LogP contribution in [0, 0.1) is 30.1 Å². The summed E-state index contributed by atoms with van der Waals surface area (Å²) in [6, 6.07) is 12.3. The molecule has 1 aliphatic heterocycles. The molecule has 0 amide bonds. The van der Waals surface area contributed by atoms with Crippen LogP contribution < -0.4 is 10.2 Å². The molecule has 0 radical (unpaired) electrons. The van der Waals surface area contributed by atoms with Gasteiger partial charge in [0.05, 0.1) is 34.3 Å². The zero-order valence-corrected chi connectivity index (χ0v) is 31.2. The Morgan fingerprint density at radius 1 is 0.941 bits per heavy atom. The molecular formula is C40H48N8O2S. The third kappa shape index (κ3) is 5.54. The number of anilines is 4. The summed E-state index contributed by atoms with van der Waals surface area (Å²) in [4.78, 5) is 11.9.